The summed E-state index contributed by atoms with van der Waals surface area (Å²) in [6.45, 7) is 4.50. The molecule has 0 aliphatic rings. The van der Waals surface area contributed by atoms with Crippen LogP contribution in [0.5, 0.6) is 0 Å². The normalized spacial score (nSPS) is 11.3. The van der Waals surface area contributed by atoms with E-state index in [4.69, 9.17) is 0 Å². The molecule has 0 unspecified atom stereocenters. The molecular weight excluding hydrogens is 384 g/mol. The summed E-state index contributed by atoms with van der Waals surface area (Å²) in [6.07, 6.45) is 1.72. The zero-order chi connectivity index (χ0) is 19.3. The highest BCUT2D eigenvalue weighted by atomic mass is 32.2. The van der Waals surface area contributed by atoms with Gasteiger partial charge in [0.15, 0.2) is 5.82 Å². The molecule has 0 aliphatic heterocycles. The maximum atomic E-state index is 12.1. The molecule has 27 heavy (non-hydrogen) atoms. The lowest BCUT2D eigenvalue weighted by Gasteiger charge is -2.08. The van der Waals surface area contributed by atoms with Gasteiger partial charge in [0.05, 0.1) is 0 Å². The molecule has 3 heterocycles. The lowest BCUT2D eigenvalue weighted by molar-refractivity contribution is 0.585. The number of nitrogens with one attached hydrogen (secondary N) is 3. The number of aromatic nitrogens is 3. The van der Waals surface area contributed by atoms with E-state index in [1.807, 2.05) is 26.0 Å². The molecule has 0 bridgehead atoms. The van der Waals surface area contributed by atoms with Crippen LogP contribution in [0.3, 0.4) is 0 Å². The average molecular weight is 405 g/mol. The highest BCUT2D eigenvalue weighted by Gasteiger charge is 2.15. The minimum atomic E-state index is -3.46. The van der Waals surface area contributed by atoms with Gasteiger partial charge in [-0.15, -0.1) is 21.5 Å². The first-order valence-electron chi connectivity index (χ1n) is 8.26. The summed E-state index contributed by atoms with van der Waals surface area (Å²) in [5.74, 6) is 1.83. The fourth-order valence-corrected chi connectivity index (χ4v) is 4.59. The van der Waals surface area contributed by atoms with Gasteiger partial charge in [-0.3, -0.25) is 0 Å². The molecule has 0 spiro atoms. The van der Waals surface area contributed by atoms with E-state index in [1.54, 1.807) is 30.5 Å². The number of nitrogens with zero attached hydrogens (tertiary/aromatic N) is 3. The van der Waals surface area contributed by atoms with Crippen LogP contribution in [-0.2, 0) is 10.0 Å². The van der Waals surface area contributed by atoms with Crippen molar-refractivity contribution in [3.63, 3.8) is 0 Å². The molecule has 0 radical (unpaired) electrons. The van der Waals surface area contributed by atoms with Gasteiger partial charge >= 0.3 is 0 Å². The van der Waals surface area contributed by atoms with Gasteiger partial charge in [-0.2, -0.15) is 0 Å². The van der Waals surface area contributed by atoms with E-state index in [-0.39, 0.29) is 6.54 Å². The number of hydrogen-bond donors (Lipinski definition) is 3. The van der Waals surface area contributed by atoms with Gasteiger partial charge in [0, 0.05) is 24.2 Å². The van der Waals surface area contributed by atoms with E-state index in [0.29, 0.717) is 28.2 Å². The fraction of sp³-hybridized carbons (Fsp3) is 0.235. The number of pyridine rings is 1. The van der Waals surface area contributed by atoms with Crippen LogP contribution in [0.2, 0.25) is 0 Å². The van der Waals surface area contributed by atoms with E-state index >= 15 is 0 Å². The topological polar surface area (TPSA) is 109 Å². The number of hydrogen-bond acceptors (Lipinski definition) is 8. The summed E-state index contributed by atoms with van der Waals surface area (Å²) in [4.78, 5) is 5.17. The van der Waals surface area contributed by atoms with Crippen LogP contribution < -0.4 is 15.4 Å². The molecular formula is C17H20N6O2S2. The maximum absolute atomic E-state index is 12.1. The third-order valence-electron chi connectivity index (χ3n) is 3.54. The Morgan fingerprint density at radius 1 is 0.963 bits per heavy atom. The van der Waals surface area contributed by atoms with Crippen LogP contribution >= 0.6 is 11.3 Å². The summed E-state index contributed by atoms with van der Waals surface area (Å²) in [6, 6.07) is 10.8. The second kappa shape index (κ2) is 8.42. The number of aryl methyl sites for hydroxylation is 2. The molecule has 0 aliphatic carbocycles. The van der Waals surface area contributed by atoms with Gasteiger partial charge in [0.25, 0.3) is 0 Å². The first kappa shape index (κ1) is 19.2. The Morgan fingerprint density at radius 3 is 2.41 bits per heavy atom. The van der Waals surface area contributed by atoms with E-state index in [2.05, 4.69) is 30.5 Å². The van der Waals surface area contributed by atoms with Gasteiger partial charge in [-0.05, 0) is 55.8 Å². The molecule has 0 saturated heterocycles. The van der Waals surface area contributed by atoms with E-state index < -0.39 is 10.0 Å². The summed E-state index contributed by atoms with van der Waals surface area (Å²) >= 11 is 1.25. The van der Waals surface area contributed by atoms with Crippen molar-refractivity contribution in [1.29, 1.82) is 0 Å². The Kier molecular flexibility index (Phi) is 5.99. The second-order valence-electron chi connectivity index (χ2n) is 5.84. The molecule has 0 saturated carbocycles. The smallest absolute Gasteiger partial charge is 0.250 e. The van der Waals surface area contributed by atoms with Gasteiger partial charge in [0.1, 0.15) is 15.8 Å². The number of anilines is 3. The third-order valence-corrected chi connectivity index (χ3v) is 6.49. The average Bonchev–Trinajstić information content (AvgIpc) is 3.08. The zero-order valence-corrected chi connectivity index (χ0v) is 16.6. The van der Waals surface area contributed by atoms with E-state index in [0.717, 1.165) is 10.4 Å². The van der Waals surface area contributed by atoms with Gasteiger partial charge in [0.2, 0.25) is 10.0 Å². The quantitative estimate of drug-likeness (QED) is 0.495. The largest absolute Gasteiger partial charge is 0.367 e. The molecule has 3 aromatic heterocycles. The Hall–Kier alpha value is -2.56. The van der Waals surface area contributed by atoms with Gasteiger partial charge < -0.3 is 10.6 Å². The first-order chi connectivity index (χ1) is 12.9. The van der Waals surface area contributed by atoms with Crippen LogP contribution in [0, 0.1) is 13.8 Å². The zero-order valence-electron chi connectivity index (χ0n) is 14.9. The van der Waals surface area contributed by atoms with Crippen molar-refractivity contribution in [2.45, 2.75) is 18.1 Å². The first-order valence-corrected chi connectivity index (χ1v) is 10.6. The van der Waals surface area contributed by atoms with Crippen LogP contribution in [-0.4, -0.2) is 36.7 Å². The SMILES string of the molecule is Cc1ccnc(Nc2ccc(NCCNS(=O)(=O)c3ccc(C)s3)nn2)c1. The molecule has 142 valence electrons. The van der Waals surface area contributed by atoms with Crippen molar-refractivity contribution in [3.05, 3.63) is 53.0 Å². The lowest BCUT2D eigenvalue weighted by Crippen LogP contribution is -2.28. The molecule has 3 aromatic rings. The number of thiophene rings is 1. The molecule has 0 fully saturated rings. The number of rotatable bonds is 8. The maximum Gasteiger partial charge on any atom is 0.250 e. The molecule has 8 nitrogen and oxygen atoms in total. The second-order valence-corrected chi connectivity index (χ2v) is 9.12. The van der Waals surface area contributed by atoms with Crippen molar-refractivity contribution in [2.24, 2.45) is 0 Å². The molecule has 0 aromatic carbocycles. The lowest BCUT2D eigenvalue weighted by atomic mass is 10.3. The predicted octanol–water partition coefficient (Wildman–Crippen LogP) is 2.68. The van der Waals surface area contributed by atoms with E-state index in [9.17, 15) is 8.42 Å². The van der Waals surface area contributed by atoms with Crippen molar-refractivity contribution < 1.29 is 8.42 Å². The van der Waals surface area contributed by atoms with Crippen LogP contribution in [0.1, 0.15) is 10.4 Å². The van der Waals surface area contributed by atoms with Crippen molar-refractivity contribution in [1.82, 2.24) is 19.9 Å². The summed E-state index contributed by atoms with van der Waals surface area (Å²) in [7, 11) is -3.46. The summed E-state index contributed by atoms with van der Waals surface area (Å²) in [5, 5.41) is 14.3. The van der Waals surface area contributed by atoms with Gasteiger partial charge in [-0.25, -0.2) is 18.1 Å². The van der Waals surface area contributed by atoms with Crippen LogP contribution in [0.4, 0.5) is 17.5 Å². The minimum absolute atomic E-state index is 0.244. The highest BCUT2D eigenvalue weighted by molar-refractivity contribution is 7.91. The Balaban J connectivity index is 1.47. The van der Waals surface area contributed by atoms with Crippen molar-refractivity contribution in [2.75, 3.05) is 23.7 Å². The van der Waals surface area contributed by atoms with Crippen molar-refractivity contribution >= 4 is 38.8 Å². The minimum Gasteiger partial charge on any atom is -0.367 e. The highest BCUT2D eigenvalue weighted by Crippen LogP contribution is 2.20. The molecule has 10 heteroatoms. The fourth-order valence-electron chi connectivity index (χ4n) is 2.23. The van der Waals surface area contributed by atoms with E-state index in [1.165, 1.54) is 11.3 Å². The Labute approximate surface area is 162 Å². The standard InChI is InChI=1S/C17H20N6O2S2/c1-12-7-8-18-16(11-12)21-15-5-4-14(22-23-15)19-9-10-20-27(24,25)17-6-3-13(2)26-17/h3-8,11,20H,9-10H2,1-2H3,(H,19,22)(H,18,21,23). The molecule has 3 N–H and O–H groups in total. The molecule has 0 amide bonds. The molecule has 3 rings (SSSR count). The Bertz CT molecular complexity index is 1000. The van der Waals surface area contributed by atoms with Crippen LogP contribution in [0.25, 0.3) is 0 Å². The van der Waals surface area contributed by atoms with Crippen LogP contribution in [0.15, 0.2) is 46.8 Å². The number of sulfonamides is 1. The monoisotopic (exact) mass is 404 g/mol. The summed E-state index contributed by atoms with van der Waals surface area (Å²) in [5.41, 5.74) is 1.10. The summed E-state index contributed by atoms with van der Waals surface area (Å²) < 4.78 is 27.1. The molecule has 0 atom stereocenters. The van der Waals surface area contributed by atoms with Gasteiger partial charge in [-0.1, -0.05) is 0 Å². The third kappa shape index (κ3) is 5.46. The van der Waals surface area contributed by atoms with Crippen molar-refractivity contribution in [3.8, 4) is 0 Å². The predicted molar refractivity (Wildman–Crippen MR) is 107 cm³/mol. The Morgan fingerprint density at radius 2 is 1.74 bits per heavy atom.